The van der Waals surface area contributed by atoms with Gasteiger partial charge in [0.05, 0.1) is 5.69 Å². The predicted molar refractivity (Wildman–Crippen MR) is 75.4 cm³/mol. The summed E-state index contributed by atoms with van der Waals surface area (Å²) in [5.74, 6) is 0. The number of rotatable bonds is 2. The highest BCUT2D eigenvalue weighted by Crippen LogP contribution is 2.24. The van der Waals surface area contributed by atoms with Crippen molar-refractivity contribution in [1.29, 1.82) is 0 Å². The highest BCUT2D eigenvalue weighted by molar-refractivity contribution is 7.15. The maximum Gasteiger partial charge on any atom is 0.323 e. The zero-order chi connectivity index (χ0) is 13.1. The molecule has 1 heterocycles. The Bertz CT molecular complexity index is 404. The number of hydrogen-bond acceptors (Lipinski definition) is 3. The summed E-state index contributed by atoms with van der Waals surface area (Å²) >= 11 is 1.57. The van der Waals surface area contributed by atoms with E-state index in [1.54, 1.807) is 23.3 Å². The summed E-state index contributed by atoms with van der Waals surface area (Å²) < 4.78 is 0. The normalized spacial score (nSPS) is 16.6. The molecule has 100 valence electrons. The van der Waals surface area contributed by atoms with Crippen molar-refractivity contribution >= 4 is 22.5 Å². The first kappa shape index (κ1) is 13.3. The highest BCUT2D eigenvalue weighted by Gasteiger charge is 2.20. The van der Waals surface area contributed by atoms with Crippen LogP contribution in [0.3, 0.4) is 0 Å². The molecule has 0 atom stereocenters. The van der Waals surface area contributed by atoms with Crippen LogP contribution in [-0.2, 0) is 0 Å². The second-order valence-electron chi connectivity index (χ2n) is 4.98. The van der Waals surface area contributed by atoms with E-state index in [0.717, 1.165) is 23.7 Å². The minimum absolute atomic E-state index is 0.0318. The van der Waals surface area contributed by atoms with Gasteiger partial charge in [0, 0.05) is 18.0 Å². The molecular weight excluding hydrogens is 246 g/mol. The van der Waals surface area contributed by atoms with Crippen molar-refractivity contribution in [2.24, 2.45) is 0 Å². The molecule has 1 saturated carbocycles. The smallest absolute Gasteiger partial charge is 0.323 e. The van der Waals surface area contributed by atoms with Gasteiger partial charge in [-0.2, -0.15) is 0 Å². The Morgan fingerprint density at radius 1 is 1.33 bits per heavy atom. The molecule has 1 N–H and O–H groups in total. The maximum atomic E-state index is 12.1. The largest absolute Gasteiger partial charge is 0.335 e. The zero-order valence-electron chi connectivity index (χ0n) is 11.3. The van der Waals surface area contributed by atoms with E-state index in [-0.39, 0.29) is 6.03 Å². The van der Waals surface area contributed by atoms with E-state index in [4.69, 9.17) is 0 Å². The van der Waals surface area contributed by atoms with Gasteiger partial charge in [-0.3, -0.25) is 4.90 Å². The Morgan fingerprint density at radius 2 is 2.00 bits per heavy atom. The van der Waals surface area contributed by atoms with Gasteiger partial charge in [-0.1, -0.05) is 19.3 Å². The molecule has 1 aliphatic carbocycles. The third kappa shape index (κ3) is 3.02. The lowest BCUT2D eigenvalue weighted by Crippen LogP contribution is -2.43. The maximum absolute atomic E-state index is 12.1. The average Bonchev–Trinajstić information content (AvgIpc) is 2.70. The van der Waals surface area contributed by atoms with Gasteiger partial charge in [0.25, 0.3) is 0 Å². The molecule has 2 amide bonds. The van der Waals surface area contributed by atoms with Crippen LogP contribution in [0.25, 0.3) is 0 Å². The first-order chi connectivity index (χ1) is 8.58. The van der Waals surface area contributed by atoms with Gasteiger partial charge in [-0.25, -0.2) is 9.78 Å². The number of aryl methyl sites for hydroxylation is 2. The Morgan fingerprint density at radius 3 is 2.56 bits per heavy atom. The summed E-state index contributed by atoms with van der Waals surface area (Å²) in [6.07, 6.45) is 5.96. The second kappa shape index (κ2) is 5.69. The summed E-state index contributed by atoms with van der Waals surface area (Å²) in [6.45, 7) is 4.01. The van der Waals surface area contributed by atoms with Crippen LogP contribution in [0.1, 0.15) is 42.7 Å². The van der Waals surface area contributed by atoms with E-state index >= 15 is 0 Å². The van der Waals surface area contributed by atoms with Crippen LogP contribution in [0.2, 0.25) is 0 Å². The zero-order valence-corrected chi connectivity index (χ0v) is 12.1. The minimum atomic E-state index is -0.0318. The Hall–Kier alpha value is -1.10. The van der Waals surface area contributed by atoms with Crippen LogP contribution >= 0.6 is 11.3 Å². The van der Waals surface area contributed by atoms with E-state index in [2.05, 4.69) is 10.3 Å². The van der Waals surface area contributed by atoms with Crippen LogP contribution in [-0.4, -0.2) is 24.1 Å². The minimum Gasteiger partial charge on any atom is -0.335 e. The van der Waals surface area contributed by atoms with Crippen molar-refractivity contribution in [3.8, 4) is 0 Å². The molecule has 1 fully saturated rings. The van der Waals surface area contributed by atoms with E-state index in [1.807, 2.05) is 13.8 Å². The lowest BCUT2D eigenvalue weighted by molar-refractivity contribution is 0.239. The van der Waals surface area contributed by atoms with Crippen LogP contribution in [0.5, 0.6) is 0 Å². The van der Waals surface area contributed by atoms with Crippen molar-refractivity contribution in [1.82, 2.24) is 10.3 Å². The summed E-state index contributed by atoms with van der Waals surface area (Å²) in [4.78, 5) is 19.3. The molecule has 0 bridgehead atoms. The van der Waals surface area contributed by atoms with Crippen LogP contribution in [0.4, 0.5) is 9.93 Å². The first-order valence-corrected chi connectivity index (χ1v) is 7.38. The Balaban J connectivity index is 1.95. The second-order valence-corrected chi connectivity index (χ2v) is 6.16. The van der Waals surface area contributed by atoms with Gasteiger partial charge in [0.2, 0.25) is 0 Å². The van der Waals surface area contributed by atoms with Crippen LogP contribution in [0.15, 0.2) is 0 Å². The van der Waals surface area contributed by atoms with E-state index in [1.165, 1.54) is 24.1 Å². The monoisotopic (exact) mass is 267 g/mol. The summed E-state index contributed by atoms with van der Waals surface area (Å²) in [6, 6.07) is 0.312. The van der Waals surface area contributed by atoms with E-state index < -0.39 is 0 Å². The van der Waals surface area contributed by atoms with Gasteiger partial charge in [0.15, 0.2) is 5.13 Å². The molecule has 1 aromatic heterocycles. The molecule has 4 nitrogen and oxygen atoms in total. The standard InChI is InChI=1S/C13H21N3OS/c1-9-10(2)18-13(14-9)16(3)12(17)15-11-7-5-4-6-8-11/h11H,4-8H2,1-3H3,(H,15,17). The molecular formula is C13H21N3OS. The number of amides is 2. The summed E-state index contributed by atoms with van der Waals surface area (Å²) in [7, 11) is 1.79. The van der Waals surface area contributed by atoms with E-state index in [9.17, 15) is 4.79 Å². The van der Waals surface area contributed by atoms with Gasteiger partial charge in [-0.15, -0.1) is 11.3 Å². The van der Waals surface area contributed by atoms with Crippen molar-refractivity contribution < 1.29 is 4.79 Å². The molecule has 0 saturated heterocycles. The average molecular weight is 267 g/mol. The summed E-state index contributed by atoms with van der Waals surface area (Å²) in [5.41, 5.74) is 1.01. The van der Waals surface area contributed by atoms with Crippen molar-refractivity contribution in [2.75, 3.05) is 11.9 Å². The SMILES string of the molecule is Cc1nc(N(C)C(=O)NC2CCCCC2)sc1C. The molecule has 0 unspecified atom stereocenters. The molecule has 2 rings (SSSR count). The number of carbonyl (C=O) groups excluding carboxylic acids is 1. The number of anilines is 1. The molecule has 0 radical (unpaired) electrons. The van der Waals surface area contributed by atoms with Crippen LogP contribution < -0.4 is 10.2 Å². The van der Waals surface area contributed by atoms with Gasteiger partial charge in [-0.05, 0) is 26.7 Å². The number of thiazole rings is 1. The van der Waals surface area contributed by atoms with Gasteiger partial charge in [0.1, 0.15) is 0 Å². The topological polar surface area (TPSA) is 45.2 Å². The van der Waals surface area contributed by atoms with Crippen molar-refractivity contribution in [2.45, 2.75) is 52.0 Å². The Labute approximate surface area is 112 Å². The molecule has 0 spiro atoms. The first-order valence-electron chi connectivity index (χ1n) is 6.56. The highest BCUT2D eigenvalue weighted by atomic mass is 32.1. The van der Waals surface area contributed by atoms with Crippen molar-refractivity contribution in [3.63, 3.8) is 0 Å². The lowest BCUT2D eigenvalue weighted by Gasteiger charge is -2.25. The quantitative estimate of drug-likeness (QED) is 0.894. The molecule has 1 aromatic rings. The number of hydrogen-bond donors (Lipinski definition) is 1. The number of nitrogens with one attached hydrogen (secondary N) is 1. The summed E-state index contributed by atoms with van der Waals surface area (Å²) in [5, 5.41) is 3.88. The van der Waals surface area contributed by atoms with Crippen LogP contribution in [0, 0.1) is 13.8 Å². The third-order valence-electron chi connectivity index (χ3n) is 3.54. The number of nitrogens with zero attached hydrogens (tertiary/aromatic N) is 2. The fourth-order valence-electron chi connectivity index (χ4n) is 2.20. The third-order valence-corrected chi connectivity index (χ3v) is 4.69. The molecule has 0 aromatic carbocycles. The number of aromatic nitrogens is 1. The van der Waals surface area contributed by atoms with E-state index in [0.29, 0.717) is 6.04 Å². The van der Waals surface area contributed by atoms with Gasteiger partial charge >= 0.3 is 6.03 Å². The molecule has 0 aliphatic heterocycles. The van der Waals surface area contributed by atoms with Gasteiger partial charge < -0.3 is 5.32 Å². The number of urea groups is 1. The van der Waals surface area contributed by atoms with Crippen molar-refractivity contribution in [3.05, 3.63) is 10.6 Å². The predicted octanol–water partition coefficient (Wildman–Crippen LogP) is 3.24. The lowest BCUT2D eigenvalue weighted by atomic mass is 9.96. The Kier molecular flexibility index (Phi) is 4.22. The fourth-order valence-corrected chi connectivity index (χ4v) is 3.07. The number of carbonyl (C=O) groups is 1. The molecule has 1 aliphatic rings. The molecule has 18 heavy (non-hydrogen) atoms. The fraction of sp³-hybridized carbons (Fsp3) is 0.692. The molecule has 5 heteroatoms.